The van der Waals surface area contributed by atoms with E-state index in [2.05, 4.69) is 5.32 Å². The molecular formula is C16H24N2O6. The molecule has 0 aliphatic rings. The van der Waals surface area contributed by atoms with Gasteiger partial charge in [0, 0.05) is 12.0 Å². The fourth-order valence-electron chi connectivity index (χ4n) is 2.15. The lowest BCUT2D eigenvalue weighted by Crippen LogP contribution is -2.38. The number of carboxylic acid groups (broad SMARTS) is 1. The number of benzene rings is 1. The van der Waals surface area contributed by atoms with Gasteiger partial charge in [-0.15, -0.1) is 0 Å². The second-order valence-corrected chi connectivity index (χ2v) is 5.39. The van der Waals surface area contributed by atoms with Crippen LogP contribution in [-0.4, -0.2) is 48.4 Å². The molecule has 24 heavy (non-hydrogen) atoms. The summed E-state index contributed by atoms with van der Waals surface area (Å²) in [7, 11) is 2.99. The summed E-state index contributed by atoms with van der Waals surface area (Å²) >= 11 is 0. The Morgan fingerprint density at radius 3 is 2.50 bits per heavy atom. The number of aliphatic hydroxyl groups excluding tert-OH is 1. The SMILES string of the molecule is COc1ccc(OC)c([C@H](O)[C@H](C)NC(=O)CC[C@H](N)C(=O)O)c1. The van der Waals surface area contributed by atoms with Crippen molar-refractivity contribution in [3.63, 3.8) is 0 Å². The molecule has 0 spiro atoms. The van der Waals surface area contributed by atoms with Crippen molar-refractivity contribution < 1.29 is 29.3 Å². The zero-order valence-corrected chi connectivity index (χ0v) is 14.0. The number of ether oxygens (including phenoxy) is 2. The van der Waals surface area contributed by atoms with Crippen LogP contribution in [0.2, 0.25) is 0 Å². The Labute approximate surface area is 140 Å². The number of rotatable bonds is 9. The molecule has 0 unspecified atom stereocenters. The van der Waals surface area contributed by atoms with Crippen LogP contribution in [0.4, 0.5) is 0 Å². The third-order valence-electron chi connectivity index (χ3n) is 3.62. The van der Waals surface area contributed by atoms with Crippen molar-refractivity contribution in [2.45, 2.75) is 38.0 Å². The zero-order chi connectivity index (χ0) is 18.3. The van der Waals surface area contributed by atoms with E-state index in [9.17, 15) is 14.7 Å². The van der Waals surface area contributed by atoms with Crippen LogP contribution >= 0.6 is 0 Å². The summed E-state index contributed by atoms with van der Waals surface area (Å²) in [4.78, 5) is 22.5. The van der Waals surface area contributed by atoms with E-state index >= 15 is 0 Å². The number of aliphatic hydroxyl groups is 1. The molecule has 1 aromatic carbocycles. The molecule has 1 amide bonds. The van der Waals surface area contributed by atoms with Gasteiger partial charge in [-0.1, -0.05) is 0 Å². The van der Waals surface area contributed by atoms with Gasteiger partial charge in [0.2, 0.25) is 5.91 Å². The number of hydrogen-bond donors (Lipinski definition) is 4. The first kappa shape index (κ1) is 19.7. The minimum atomic E-state index is -1.16. The molecule has 8 nitrogen and oxygen atoms in total. The fraction of sp³-hybridized carbons (Fsp3) is 0.500. The number of carbonyl (C=O) groups excluding carboxylic acids is 1. The van der Waals surface area contributed by atoms with Gasteiger partial charge in [-0.3, -0.25) is 9.59 Å². The van der Waals surface area contributed by atoms with Gasteiger partial charge in [0.15, 0.2) is 0 Å². The van der Waals surface area contributed by atoms with E-state index in [0.29, 0.717) is 17.1 Å². The molecule has 1 aromatic rings. The lowest BCUT2D eigenvalue weighted by atomic mass is 10.0. The van der Waals surface area contributed by atoms with Crippen LogP contribution in [0.15, 0.2) is 18.2 Å². The number of carbonyl (C=O) groups is 2. The molecule has 5 N–H and O–H groups in total. The molecule has 0 heterocycles. The molecule has 0 aliphatic carbocycles. The Hall–Kier alpha value is -2.32. The lowest BCUT2D eigenvalue weighted by Gasteiger charge is -2.23. The molecular weight excluding hydrogens is 316 g/mol. The van der Waals surface area contributed by atoms with E-state index in [1.165, 1.54) is 14.2 Å². The van der Waals surface area contributed by atoms with E-state index in [1.807, 2.05) is 0 Å². The van der Waals surface area contributed by atoms with Crippen LogP contribution < -0.4 is 20.5 Å². The molecule has 134 valence electrons. The normalized spacial score (nSPS) is 14.4. The smallest absolute Gasteiger partial charge is 0.320 e. The fourth-order valence-corrected chi connectivity index (χ4v) is 2.15. The highest BCUT2D eigenvalue weighted by atomic mass is 16.5. The molecule has 0 saturated heterocycles. The molecule has 0 saturated carbocycles. The molecule has 0 aromatic heterocycles. The first-order valence-electron chi connectivity index (χ1n) is 7.47. The summed E-state index contributed by atoms with van der Waals surface area (Å²) in [5, 5.41) is 21.8. The van der Waals surface area contributed by atoms with Crippen LogP contribution in [0.3, 0.4) is 0 Å². The average molecular weight is 340 g/mol. The predicted octanol–water partition coefficient (Wildman–Crippen LogP) is 0.434. The molecule has 0 aliphatic heterocycles. The third kappa shape index (κ3) is 5.39. The highest BCUT2D eigenvalue weighted by Gasteiger charge is 2.23. The summed E-state index contributed by atoms with van der Waals surface area (Å²) in [6.07, 6.45) is -1.04. The second kappa shape index (κ2) is 9.09. The lowest BCUT2D eigenvalue weighted by molar-refractivity contribution is -0.138. The molecule has 1 rings (SSSR count). The van der Waals surface area contributed by atoms with E-state index < -0.39 is 24.2 Å². The standard InChI is InChI=1S/C16H24N2O6/c1-9(18-14(19)7-5-12(17)16(21)22)15(20)11-8-10(23-2)4-6-13(11)24-3/h4,6,8-9,12,15,20H,5,7,17H2,1-3H3,(H,18,19)(H,21,22)/t9-,12-,15+/m0/s1. The van der Waals surface area contributed by atoms with E-state index in [1.54, 1.807) is 25.1 Å². The highest BCUT2D eigenvalue weighted by Crippen LogP contribution is 2.31. The monoisotopic (exact) mass is 340 g/mol. The van der Waals surface area contributed by atoms with Gasteiger partial charge in [-0.05, 0) is 31.5 Å². The Balaban J connectivity index is 2.72. The van der Waals surface area contributed by atoms with E-state index in [0.717, 1.165) is 0 Å². The van der Waals surface area contributed by atoms with Crippen molar-refractivity contribution in [1.82, 2.24) is 5.32 Å². The Kier molecular flexibility index (Phi) is 7.47. The van der Waals surface area contributed by atoms with Gasteiger partial charge in [0.05, 0.1) is 20.3 Å². The molecule has 0 bridgehead atoms. The number of carboxylic acids is 1. The van der Waals surface area contributed by atoms with Gasteiger partial charge in [-0.2, -0.15) is 0 Å². The maximum atomic E-state index is 11.9. The van der Waals surface area contributed by atoms with E-state index in [-0.39, 0.29) is 18.7 Å². The third-order valence-corrected chi connectivity index (χ3v) is 3.62. The number of aliphatic carboxylic acids is 1. The van der Waals surface area contributed by atoms with Gasteiger partial charge in [-0.25, -0.2) is 0 Å². The minimum absolute atomic E-state index is 0.0203. The van der Waals surface area contributed by atoms with Gasteiger partial charge >= 0.3 is 5.97 Å². The van der Waals surface area contributed by atoms with Gasteiger partial charge in [0.1, 0.15) is 23.6 Å². The molecule has 0 radical (unpaired) electrons. The maximum absolute atomic E-state index is 11.9. The Morgan fingerprint density at radius 2 is 1.96 bits per heavy atom. The summed E-state index contributed by atoms with van der Waals surface area (Å²) in [5.74, 6) is -0.523. The van der Waals surface area contributed by atoms with Crippen LogP contribution in [-0.2, 0) is 9.59 Å². The van der Waals surface area contributed by atoms with Crippen molar-refractivity contribution in [1.29, 1.82) is 0 Å². The van der Waals surface area contributed by atoms with Crippen molar-refractivity contribution in [3.05, 3.63) is 23.8 Å². The first-order chi connectivity index (χ1) is 11.3. The summed E-state index contributed by atoms with van der Waals surface area (Å²) in [6, 6.07) is 3.30. The Morgan fingerprint density at radius 1 is 1.29 bits per heavy atom. The van der Waals surface area contributed by atoms with E-state index in [4.69, 9.17) is 20.3 Å². The van der Waals surface area contributed by atoms with Crippen LogP contribution in [0.25, 0.3) is 0 Å². The maximum Gasteiger partial charge on any atom is 0.320 e. The zero-order valence-electron chi connectivity index (χ0n) is 14.0. The highest BCUT2D eigenvalue weighted by molar-refractivity contribution is 5.78. The molecule has 8 heteroatoms. The van der Waals surface area contributed by atoms with Crippen LogP contribution in [0, 0.1) is 0 Å². The largest absolute Gasteiger partial charge is 0.497 e. The van der Waals surface area contributed by atoms with Gasteiger partial charge in [0.25, 0.3) is 0 Å². The van der Waals surface area contributed by atoms with Crippen molar-refractivity contribution in [2.24, 2.45) is 5.73 Å². The number of nitrogens with two attached hydrogens (primary N) is 1. The van der Waals surface area contributed by atoms with Crippen molar-refractivity contribution in [2.75, 3.05) is 14.2 Å². The number of hydrogen-bond acceptors (Lipinski definition) is 6. The summed E-state index contributed by atoms with van der Waals surface area (Å²) in [5.41, 5.74) is 5.84. The minimum Gasteiger partial charge on any atom is -0.497 e. The van der Waals surface area contributed by atoms with Crippen molar-refractivity contribution in [3.8, 4) is 11.5 Å². The van der Waals surface area contributed by atoms with Crippen molar-refractivity contribution >= 4 is 11.9 Å². The van der Waals surface area contributed by atoms with Crippen LogP contribution in [0.1, 0.15) is 31.4 Å². The number of amides is 1. The molecule has 0 fully saturated rings. The first-order valence-corrected chi connectivity index (χ1v) is 7.47. The van der Waals surface area contributed by atoms with Crippen LogP contribution in [0.5, 0.6) is 11.5 Å². The number of nitrogens with one attached hydrogen (secondary N) is 1. The number of methoxy groups -OCH3 is 2. The molecule has 3 atom stereocenters. The van der Waals surface area contributed by atoms with Gasteiger partial charge < -0.3 is 30.7 Å². The predicted molar refractivity (Wildman–Crippen MR) is 87.0 cm³/mol. The summed E-state index contributed by atoms with van der Waals surface area (Å²) < 4.78 is 10.3. The Bertz CT molecular complexity index is 578. The quantitative estimate of drug-likeness (QED) is 0.513. The summed E-state index contributed by atoms with van der Waals surface area (Å²) in [6.45, 7) is 1.64. The average Bonchev–Trinajstić information content (AvgIpc) is 2.57. The second-order valence-electron chi connectivity index (χ2n) is 5.39. The topological polar surface area (TPSA) is 131 Å².